The molecule has 5 rings (SSSR count). The molecule has 2 bridgehead atoms. The third kappa shape index (κ3) is 5.03. The smallest absolute Gasteiger partial charge is 0.308 e. The maximum Gasteiger partial charge on any atom is 0.308 e. The van der Waals surface area contributed by atoms with Crippen LogP contribution in [0.1, 0.15) is 108 Å². The first kappa shape index (κ1) is 36.5. The highest BCUT2D eigenvalue weighted by Crippen LogP contribution is 2.74. The van der Waals surface area contributed by atoms with Gasteiger partial charge in [-0.05, 0) is 92.6 Å². The minimum atomic E-state index is -1.05. The lowest BCUT2D eigenvalue weighted by molar-refractivity contribution is -0.268. The molecule has 8 nitrogen and oxygen atoms in total. The van der Waals surface area contributed by atoms with Crippen LogP contribution in [0.5, 0.6) is 0 Å². The number of carbonyl (C=O) groups is 3. The highest BCUT2D eigenvalue weighted by molar-refractivity contribution is 6.00. The van der Waals surface area contributed by atoms with E-state index in [1.807, 2.05) is 20.0 Å². The summed E-state index contributed by atoms with van der Waals surface area (Å²) in [5.41, 5.74) is -2.19. The van der Waals surface area contributed by atoms with Crippen LogP contribution in [0.25, 0.3) is 0 Å². The van der Waals surface area contributed by atoms with Crippen molar-refractivity contribution in [3.8, 4) is 0 Å². The average molecular weight is 658 g/mol. The summed E-state index contributed by atoms with van der Waals surface area (Å²) < 4.78 is 19.6. The molecule has 3 saturated carbocycles. The summed E-state index contributed by atoms with van der Waals surface area (Å²) in [5.74, 6) is -1.08. The highest BCUT2D eigenvalue weighted by atomic mass is 16.6. The molecular weight excluding hydrogens is 594 g/mol. The van der Waals surface area contributed by atoms with Gasteiger partial charge in [-0.1, -0.05) is 67.9 Å². The lowest BCUT2D eigenvalue weighted by Gasteiger charge is -2.70. The Bertz CT molecular complexity index is 1310. The van der Waals surface area contributed by atoms with Crippen molar-refractivity contribution >= 4 is 17.7 Å². The standard InChI is InChI=1S/C39H63NO7/c1-22(2)24(5)34(7)15-16-36(9)26-13-14-29-35(8)19-45-21-39(29,27(26)17-30(42)38(36,11)31(34)33(43)44)18-28(47-25(6)41)32(35)46-20-37(10,40-12)23(3)4/h17,22-24,26,28-29,31-32,40H,13-16,18-21H2,1-12H3,(H,43,44)/t24-,26+,28-,29+,31-,32+,34-,35+,36-,37-,38+,39+/m1/s1. The Kier molecular flexibility index (Phi) is 9.27. The molecule has 266 valence electrons. The van der Waals surface area contributed by atoms with Crippen molar-refractivity contribution in [2.75, 3.05) is 26.9 Å². The van der Waals surface area contributed by atoms with Crippen molar-refractivity contribution < 1.29 is 33.7 Å². The lowest BCUT2D eigenvalue weighted by Crippen LogP contribution is -2.71. The Balaban J connectivity index is 1.61. The molecule has 0 aromatic rings. The molecule has 0 spiro atoms. The molecule has 1 saturated heterocycles. The fourth-order valence-electron chi connectivity index (χ4n) is 11.8. The number of nitrogens with one attached hydrogen (secondary N) is 1. The topological polar surface area (TPSA) is 111 Å². The van der Waals surface area contributed by atoms with Gasteiger partial charge in [-0.3, -0.25) is 14.4 Å². The van der Waals surface area contributed by atoms with Crippen LogP contribution < -0.4 is 5.32 Å². The van der Waals surface area contributed by atoms with E-state index in [1.54, 1.807) is 0 Å². The molecule has 0 amide bonds. The minimum absolute atomic E-state index is 0.0390. The summed E-state index contributed by atoms with van der Waals surface area (Å²) in [7, 11) is 1.96. The first-order chi connectivity index (χ1) is 21.7. The van der Waals surface area contributed by atoms with Crippen LogP contribution in [0, 0.1) is 62.6 Å². The number of likely N-dealkylation sites (N-methyl/N-ethyl adjacent to an activating group) is 1. The van der Waals surface area contributed by atoms with Crippen LogP contribution in [0.3, 0.4) is 0 Å². The number of carboxylic acids is 1. The molecule has 4 aliphatic carbocycles. The number of hydrogen-bond acceptors (Lipinski definition) is 7. The zero-order valence-electron chi connectivity index (χ0n) is 31.2. The highest BCUT2D eigenvalue weighted by Gasteiger charge is 2.74. The van der Waals surface area contributed by atoms with E-state index in [-0.39, 0.29) is 41.1 Å². The number of carbonyl (C=O) groups excluding carboxylic acids is 2. The van der Waals surface area contributed by atoms with Crippen LogP contribution >= 0.6 is 0 Å². The number of hydrogen-bond donors (Lipinski definition) is 2. The van der Waals surface area contributed by atoms with Crippen LogP contribution in [0.2, 0.25) is 0 Å². The number of rotatable bonds is 9. The number of carboxylic acid groups (broad SMARTS) is 1. The SMILES string of the molecule is CN[C@](C)(CO[C@H]1[C@H](OC(C)=O)C[C@@]23COC[C@@]1(C)[C@@H]2CC[C@H]1C3=CC(=O)[C@@]2(C)[C@H](C(=O)O)[C@@](C)([C@H](C)C(C)C)CC[C@]12C)C(C)C. The van der Waals surface area contributed by atoms with Crippen LogP contribution in [0.4, 0.5) is 0 Å². The molecule has 0 radical (unpaired) electrons. The zero-order chi connectivity index (χ0) is 35.1. The van der Waals surface area contributed by atoms with Gasteiger partial charge in [0.05, 0.1) is 25.7 Å². The summed E-state index contributed by atoms with van der Waals surface area (Å²) >= 11 is 0. The molecular formula is C39H63NO7. The number of fused-ring (bicyclic) bond motifs is 3. The molecule has 0 aromatic heterocycles. The van der Waals surface area contributed by atoms with Crippen molar-refractivity contribution in [3.05, 3.63) is 11.6 Å². The second-order valence-electron chi connectivity index (χ2n) is 18.1. The molecule has 47 heavy (non-hydrogen) atoms. The van der Waals surface area contributed by atoms with E-state index in [2.05, 4.69) is 67.6 Å². The van der Waals surface area contributed by atoms with Gasteiger partial charge >= 0.3 is 11.9 Å². The van der Waals surface area contributed by atoms with Crippen LogP contribution in [0.15, 0.2) is 11.6 Å². The number of ketones is 1. The Morgan fingerprint density at radius 1 is 1.09 bits per heavy atom. The first-order valence-electron chi connectivity index (χ1n) is 18.2. The summed E-state index contributed by atoms with van der Waals surface area (Å²) in [4.78, 5) is 40.9. The van der Waals surface area contributed by atoms with E-state index in [4.69, 9.17) is 14.2 Å². The number of allylic oxidation sites excluding steroid dienone is 1. The Labute approximate surface area is 283 Å². The van der Waals surface area contributed by atoms with E-state index in [9.17, 15) is 19.5 Å². The first-order valence-corrected chi connectivity index (χ1v) is 18.2. The van der Waals surface area contributed by atoms with Crippen molar-refractivity contribution in [2.45, 2.75) is 126 Å². The van der Waals surface area contributed by atoms with Gasteiger partial charge in [0.1, 0.15) is 12.2 Å². The second kappa shape index (κ2) is 11.9. The molecule has 2 N–H and O–H groups in total. The predicted octanol–water partition coefficient (Wildman–Crippen LogP) is 6.70. The molecule has 0 aromatic carbocycles. The summed E-state index contributed by atoms with van der Waals surface area (Å²) in [6.07, 6.45) is 4.92. The number of aliphatic carboxylic acids is 1. The van der Waals surface area contributed by atoms with E-state index >= 15 is 0 Å². The quantitative estimate of drug-likeness (QED) is 0.264. The van der Waals surface area contributed by atoms with Crippen molar-refractivity contribution in [1.82, 2.24) is 5.32 Å². The molecule has 4 fully saturated rings. The van der Waals surface area contributed by atoms with Crippen molar-refractivity contribution in [1.29, 1.82) is 0 Å². The van der Waals surface area contributed by atoms with Gasteiger partial charge in [0, 0.05) is 28.7 Å². The average Bonchev–Trinajstić information content (AvgIpc) is 2.97. The lowest BCUT2D eigenvalue weighted by atomic mass is 9.34. The Morgan fingerprint density at radius 2 is 1.74 bits per heavy atom. The largest absolute Gasteiger partial charge is 0.481 e. The number of esters is 1. The van der Waals surface area contributed by atoms with E-state index < -0.39 is 45.1 Å². The summed E-state index contributed by atoms with van der Waals surface area (Å²) in [6, 6.07) is 0. The Morgan fingerprint density at radius 3 is 2.30 bits per heavy atom. The van der Waals surface area contributed by atoms with Gasteiger partial charge in [0.15, 0.2) is 5.78 Å². The molecule has 1 heterocycles. The van der Waals surface area contributed by atoms with Gasteiger partial charge in [-0.25, -0.2) is 0 Å². The van der Waals surface area contributed by atoms with Gasteiger partial charge in [0.2, 0.25) is 0 Å². The van der Waals surface area contributed by atoms with Gasteiger partial charge in [-0.2, -0.15) is 0 Å². The molecule has 5 aliphatic rings. The summed E-state index contributed by atoms with van der Waals surface area (Å²) in [5, 5.41) is 14.4. The molecule has 8 heteroatoms. The van der Waals surface area contributed by atoms with Crippen molar-refractivity contribution in [2.24, 2.45) is 62.6 Å². The molecule has 12 atom stereocenters. The van der Waals surface area contributed by atoms with Gasteiger partial charge in [-0.15, -0.1) is 0 Å². The summed E-state index contributed by atoms with van der Waals surface area (Å²) in [6.45, 7) is 24.4. The van der Waals surface area contributed by atoms with E-state index in [0.717, 1.165) is 31.3 Å². The third-order valence-corrected chi connectivity index (χ3v) is 15.7. The number of ether oxygens (including phenoxy) is 3. The fraction of sp³-hybridized carbons (Fsp3) is 0.872. The van der Waals surface area contributed by atoms with Crippen LogP contribution in [-0.2, 0) is 28.6 Å². The maximum atomic E-state index is 14.9. The van der Waals surface area contributed by atoms with E-state index in [1.165, 1.54) is 6.92 Å². The third-order valence-electron chi connectivity index (χ3n) is 15.7. The fourth-order valence-corrected chi connectivity index (χ4v) is 11.8. The Hall–Kier alpha value is -1.77. The van der Waals surface area contributed by atoms with Gasteiger partial charge < -0.3 is 24.6 Å². The maximum absolute atomic E-state index is 14.9. The van der Waals surface area contributed by atoms with Gasteiger partial charge in [0.25, 0.3) is 0 Å². The monoisotopic (exact) mass is 657 g/mol. The molecule has 0 unspecified atom stereocenters. The van der Waals surface area contributed by atoms with E-state index in [0.29, 0.717) is 38.1 Å². The minimum Gasteiger partial charge on any atom is -0.481 e. The zero-order valence-corrected chi connectivity index (χ0v) is 31.2. The molecule has 1 aliphatic heterocycles. The normalized spacial score (nSPS) is 44.9. The second-order valence-corrected chi connectivity index (χ2v) is 18.1. The van der Waals surface area contributed by atoms with Crippen LogP contribution in [-0.4, -0.2) is 67.4 Å². The predicted molar refractivity (Wildman–Crippen MR) is 182 cm³/mol. The van der Waals surface area contributed by atoms with Crippen molar-refractivity contribution in [3.63, 3.8) is 0 Å².